The molecule has 0 heterocycles. The van der Waals surface area contributed by atoms with E-state index in [9.17, 15) is 9.18 Å². The Morgan fingerprint density at radius 1 is 1.04 bits per heavy atom. The van der Waals surface area contributed by atoms with Crippen LogP contribution in [0.15, 0.2) is 34.8 Å². The molecule has 0 aliphatic carbocycles. The highest BCUT2D eigenvalue weighted by molar-refractivity contribution is 9.10. The van der Waals surface area contributed by atoms with Crippen LogP contribution in [0.5, 0.6) is 17.2 Å². The molecule has 0 saturated carbocycles. The van der Waals surface area contributed by atoms with Crippen molar-refractivity contribution < 1.29 is 23.4 Å². The molecule has 1 N–H and O–H groups in total. The van der Waals surface area contributed by atoms with Gasteiger partial charge in [0.05, 0.1) is 32.2 Å². The predicted octanol–water partition coefficient (Wildman–Crippen LogP) is 3.47. The monoisotopic (exact) mass is 411 g/mol. The predicted molar refractivity (Wildman–Crippen MR) is 95.7 cm³/mol. The second-order valence-corrected chi connectivity index (χ2v) is 6.09. The molecule has 2 aromatic rings. The average molecular weight is 412 g/mol. The summed E-state index contributed by atoms with van der Waals surface area (Å²) in [5.74, 6) is 1.01. The molecule has 5 nitrogen and oxygen atoms in total. The molecule has 134 valence electrons. The van der Waals surface area contributed by atoms with Gasteiger partial charge in [0.2, 0.25) is 11.7 Å². The summed E-state index contributed by atoms with van der Waals surface area (Å²) in [6.07, 6.45) is 0.156. The molecule has 0 saturated heterocycles. The normalized spacial score (nSPS) is 10.3. The van der Waals surface area contributed by atoms with Crippen LogP contribution in [0.4, 0.5) is 4.39 Å². The van der Waals surface area contributed by atoms with Gasteiger partial charge in [0.15, 0.2) is 11.5 Å². The molecule has 0 aliphatic rings. The molecule has 0 atom stereocenters. The molecule has 2 rings (SSSR count). The van der Waals surface area contributed by atoms with Crippen molar-refractivity contribution in [2.75, 3.05) is 21.3 Å². The lowest BCUT2D eigenvalue weighted by Crippen LogP contribution is -2.24. The van der Waals surface area contributed by atoms with Gasteiger partial charge in [0, 0.05) is 6.54 Å². The van der Waals surface area contributed by atoms with E-state index in [0.717, 1.165) is 11.1 Å². The Bertz CT molecular complexity index is 742. The maximum atomic E-state index is 13.2. The SMILES string of the molecule is COc1cc(CNC(=O)Cc2ccc(F)c(Br)c2)cc(OC)c1OC. The van der Waals surface area contributed by atoms with E-state index in [-0.39, 0.29) is 18.1 Å². The van der Waals surface area contributed by atoms with Crippen molar-refractivity contribution in [3.8, 4) is 17.2 Å². The first-order valence-electron chi connectivity index (χ1n) is 7.48. The molecule has 0 unspecified atom stereocenters. The van der Waals surface area contributed by atoms with Gasteiger partial charge >= 0.3 is 0 Å². The van der Waals surface area contributed by atoms with Crippen LogP contribution in [0.25, 0.3) is 0 Å². The summed E-state index contributed by atoms with van der Waals surface area (Å²) in [4.78, 5) is 12.1. The molecule has 0 aliphatic heterocycles. The molecule has 0 fully saturated rings. The van der Waals surface area contributed by atoms with Crippen LogP contribution in [0.2, 0.25) is 0 Å². The Kier molecular flexibility index (Phi) is 6.64. The highest BCUT2D eigenvalue weighted by atomic mass is 79.9. The van der Waals surface area contributed by atoms with Gasteiger partial charge in [-0.3, -0.25) is 4.79 Å². The van der Waals surface area contributed by atoms with Crippen LogP contribution in [0.1, 0.15) is 11.1 Å². The van der Waals surface area contributed by atoms with Gasteiger partial charge < -0.3 is 19.5 Å². The topological polar surface area (TPSA) is 56.8 Å². The van der Waals surface area contributed by atoms with Gasteiger partial charge in [-0.05, 0) is 51.3 Å². The number of hydrogen-bond donors (Lipinski definition) is 1. The highest BCUT2D eigenvalue weighted by Gasteiger charge is 2.14. The summed E-state index contributed by atoms with van der Waals surface area (Å²) >= 11 is 3.11. The van der Waals surface area contributed by atoms with Crippen molar-refractivity contribution in [3.05, 3.63) is 51.7 Å². The number of benzene rings is 2. The number of halogens is 2. The Hall–Kier alpha value is -2.28. The second-order valence-electron chi connectivity index (χ2n) is 5.24. The van der Waals surface area contributed by atoms with Crippen LogP contribution in [0.3, 0.4) is 0 Å². The third-order valence-corrected chi connectivity index (χ3v) is 4.17. The Balaban J connectivity index is 2.04. The summed E-state index contributed by atoms with van der Waals surface area (Å²) in [5, 5.41) is 2.82. The zero-order valence-electron chi connectivity index (χ0n) is 14.2. The number of hydrogen-bond acceptors (Lipinski definition) is 4. The molecular weight excluding hydrogens is 393 g/mol. The van der Waals surface area contributed by atoms with Crippen LogP contribution in [-0.2, 0) is 17.8 Å². The van der Waals surface area contributed by atoms with Gasteiger partial charge in [0.1, 0.15) is 5.82 Å². The molecular formula is C18H19BrFNO4. The smallest absolute Gasteiger partial charge is 0.224 e. The van der Waals surface area contributed by atoms with Crippen molar-refractivity contribution in [2.45, 2.75) is 13.0 Å². The van der Waals surface area contributed by atoms with Crippen molar-refractivity contribution in [2.24, 2.45) is 0 Å². The maximum Gasteiger partial charge on any atom is 0.224 e. The average Bonchev–Trinajstić information content (AvgIpc) is 2.62. The number of rotatable bonds is 7. The summed E-state index contributed by atoms with van der Waals surface area (Å²) < 4.78 is 29.4. The first kappa shape index (κ1) is 19.1. The van der Waals surface area contributed by atoms with Crippen LogP contribution in [-0.4, -0.2) is 27.2 Å². The molecule has 1 amide bonds. The molecule has 7 heteroatoms. The number of ether oxygens (including phenoxy) is 3. The second kappa shape index (κ2) is 8.71. The van der Waals surface area contributed by atoms with E-state index < -0.39 is 0 Å². The number of carbonyl (C=O) groups is 1. The maximum absolute atomic E-state index is 13.2. The lowest BCUT2D eigenvalue weighted by Gasteiger charge is -2.14. The van der Waals surface area contributed by atoms with E-state index in [1.54, 1.807) is 24.3 Å². The van der Waals surface area contributed by atoms with Gasteiger partial charge in [-0.25, -0.2) is 4.39 Å². The van der Waals surface area contributed by atoms with Crippen molar-refractivity contribution in [1.29, 1.82) is 0 Å². The van der Waals surface area contributed by atoms with Gasteiger partial charge in [-0.15, -0.1) is 0 Å². The quantitative estimate of drug-likeness (QED) is 0.757. The Labute approximate surface area is 154 Å². The van der Waals surface area contributed by atoms with Crippen LogP contribution in [0, 0.1) is 5.82 Å². The van der Waals surface area contributed by atoms with E-state index in [1.165, 1.54) is 27.4 Å². The summed E-state index contributed by atoms with van der Waals surface area (Å²) in [6, 6.07) is 8.05. The first-order valence-corrected chi connectivity index (χ1v) is 8.27. The molecule has 2 aromatic carbocycles. The fraction of sp³-hybridized carbons (Fsp3) is 0.278. The van der Waals surface area contributed by atoms with Crippen molar-refractivity contribution in [3.63, 3.8) is 0 Å². The third kappa shape index (κ3) is 4.85. The van der Waals surface area contributed by atoms with E-state index >= 15 is 0 Å². The zero-order chi connectivity index (χ0) is 18.4. The molecule has 25 heavy (non-hydrogen) atoms. The largest absolute Gasteiger partial charge is 0.493 e. The van der Waals surface area contributed by atoms with E-state index in [1.807, 2.05) is 0 Å². The lowest BCUT2D eigenvalue weighted by atomic mass is 10.1. The Morgan fingerprint density at radius 2 is 1.68 bits per heavy atom. The summed E-state index contributed by atoms with van der Waals surface area (Å²) in [6.45, 7) is 0.303. The standard InChI is InChI=1S/C18H19BrFNO4/c1-23-15-7-12(8-16(24-2)18(15)25-3)10-21-17(22)9-11-4-5-14(20)13(19)6-11/h4-8H,9-10H2,1-3H3,(H,21,22). The van der Waals surface area contributed by atoms with Gasteiger partial charge in [-0.2, -0.15) is 0 Å². The number of amides is 1. The number of carbonyl (C=O) groups excluding carboxylic acids is 1. The van der Waals surface area contributed by atoms with Crippen LogP contribution < -0.4 is 19.5 Å². The zero-order valence-corrected chi connectivity index (χ0v) is 15.8. The summed E-state index contributed by atoms with van der Waals surface area (Å²) in [7, 11) is 4.60. The minimum atomic E-state index is -0.360. The first-order chi connectivity index (χ1) is 12.0. The molecule has 0 radical (unpaired) electrons. The number of methoxy groups -OCH3 is 3. The van der Waals surface area contributed by atoms with Gasteiger partial charge in [0.25, 0.3) is 0 Å². The Morgan fingerprint density at radius 3 is 2.20 bits per heavy atom. The molecule has 0 bridgehead atoms. The number of nitrogens with one attached hydrogen (secondary N) is 1. The molecule has 0 spiro atoms. The van der Waals surface area contributed by atoms with Crippen molar-refractivity contribution >= 4 is 21.8 Å². The van der Waals surface area contributed by atoms with E-state index in [4.69, 9.17) is 14.2 Å². The minimum Gasteiger partial charge on any atom is -0.493 e. The minimum absolute atomic E-state index is 0.156. The molecule has 0 aromatic heterocycles. The lowest BCUT2D eigenvalue weighted by molar-refractivity contribution is -0.120. The van der Waals surface area contributed by atoms with Crippen molar-refractivity contribution in [1.82, 2.24) is 5.32 Å². The van der Waals surface area contributed by atoms with Crippen LogP contribution >= 0.6 is 15.9 Å². The van der Waals surface area contributed by atoms with E-state index in [2.05, 4.69) is 21.2 Å². The van der Waals surface area contributed by atoms with E-state index in [0.29, 0.717) is 28.3 Å². The fourth-order valence-electron chi connectivity index (χ4n) is 2.34. The van der Waals surface area contributed by atoms with Gasteiger partial charge in [-0.1, -0.05) is 6.07 Å². The third-order valence-electron chi connectivity index (χ3n) is 3.56. The summed E-state index contributed by atoms with van der Waals surface area (Å²) in [5.41, 5.74) is 1.53. The fourth-order valence-corrected chi connectivity index (χ4v) is 2.76. The highest BCUT2D eigenvalue weighted by Crippen LogP contribution is 2.38.